The first-order chi connectivity index (χ1) is 17.9. The van der Waals surface area contributed by atoms with Gasteiger partial charge < -0.3 is 34.3 Å². The highest BCUT2D eigenvalue weighted by molar-refractivity contribution is 5.31. The van der Waals surface area contributed by atoms with E-state index in [0.717, 1.165) is 16.7 Å². The van der Waals surface area contributed by atoms with Gasteiger partial charge in [0.1, 0.15) is 24.1 Å². The Morgan fingerprint density at radius 1 is 0.919 bits per heavy atom. The molecule has 4 rings (SSSR count). The zero-order valence-corrected chi connectivity index (χ0v) is 20.8. The topological polar surface area (TPSA) is 97.6 Å². The fourth-order valence-electron chi connectivity index (χ4n) is 4.74. The van der Waals surface area contributed by atoms with Crippen molar-refractivity contribution in [1.29, 1.82) is 0 Å². The molecule has 7 nitrogen and oxygen atoms in total. The Kier molecular flexibility index (Phi) is 8.91. The van der Waals surface area contributed by atoms with Crippen LogP contribution in [0.4, 0.5) is 4.39 Å². The predicted molar refractivity (Wildman–Crippen MR) is 135 cm³/mol. The number of benzene rings is 3. The minimum atomic E-state index is -2.06. The highest BCUT2D eigenvalue weighted by Crippen LogP contribution is 2.40. The van der Waals surface area contributed by atoms with Crippen LogP contribution in [0.5, 0.6) is 5.75 Å². The van der Waals surface area contributed by atoms with Gasteiger partial charge in [0.2, 0.25) is 0 Å². The van der Waals surface area contributed by atoms with Crippen molar-refractivity contribution in [3.05, 3.63) is 102 Å². The van der Waals surface area contributed by atoms with E-state index in [9.17, 15) is 19.7 Å². The molecule has 3 aromatic carbocycles. The predicted octanol–water partition coefficient (Wildman–Crippen LogP) is 3.21. The molecule has 0 bridgehead atoms. The van der Waals surface area contributed by atoms with Gasteiger partial charge in [-0.2, -0.15) is 0 Å². The third-order valence-corrected chi connectivity index (χ3v) is 6.84. The van der Waals surface area contributed by atoms with E-state index in [4.69, 9.17) is 18.9 Å². The monoisotopic (exact) mass is 512 g/mol. The molecular weight excluding hydrogens is 479 g/mol. The first-order valence-electron chi connectivity index (χ1n) is 12.1. The van der Waals surface area contributed by atoms with Crippen LogP contribution in [0.3, 0.4) is 0 Å². The first-order valence-corrected chi connectivity index (χ1v) is 12.1. The SMILES string of the molecule is COc1ccc(CC(OC(c2ccccc2)c2ccccc2)C(O)[C@@]2(CO)O[C@@H](OC)[C@@H](F)[C@@H]2O)cc1. The van der Waals surface area contributed by atoms with Crippen molar-refractivity contribution < 1.29 is 38.7 Å². The highest BCUT2D eigenvalue weighted by atomic mass is 19.1. The molecule has 0 aromatic heterocycles. The van der Waals surface area contributed by atoms with E-state index >= 15 is 0 Å². The van der Waals surface area contributed by atoms with E-state index in [0.29, 0.717) is 5.75 Å². The highest BCUT2D eigenvalue weighted by Gasteiger charge is 2.61. The van der Waals surface area contributed by atoms with Crippen LogP contribution in [0.2, 0.25) is 0 Å². The molecule has 3 N–H and O–H groups in total. The second kappa shape index (κ2) is 12.1. The lowest BCUT2D eigenvalue weighted by Gasteiger charge is -2.39. The number of aliphatic hydroxyl groups is 3. The van der Waals surface area contributed by atoms with E-state index in [-0.39, 0.29) is 6.42 Å². The molecule has 0 radical (unpaired) electrons. The third-order valence-electron chi connectivity index (χ3n) is 6.84. The standard InChI is InChI=1S/C29H33FO7/c1-34-22-15-13-19(14-16-22)17-23(26(32)29(18-31)27(33)24(30)28(35-2)37-29)36-25(20-9-5-3-6-10-20)21-11-7-4-8-12-21/h3-16,23-28,31-33H,17-18H2,1-2H3/t23?,24-,26?,27-,28+,29+/m0/s1. The summed E-state index contributed by atoms with van der Waals surface area (Å²) >= 11 is 0. The summed E-state index contributed by atoms with van der Waals surface area (Å²) in [7, 11) is 2.80. The van der Waals surface area contributed by atoms with Gasteiger partial charge in [0.25, 0.3) is 0 Å². The van der Waals surface area contributed by atoms with Gasteiger partial charge in [-0.25, -0.2) is 4.39 Å². The molecule has 6 atom stereocenters. The number of ether oxygens (including phenoxy) is 4. The third kappa shape index (κ3) is 5.70. The maximum absolute atomic E-state index is 14.8. The Hall–Kier alpha value is -2.85. The summed E-state index contributed by atoms with van der Waals surface area (Å²) < 4.78 is 37.3. The van der Waals surface area contributed by atoms with E-state index < -0.39 is 49.1 Å². The molecule has 0 aliphatic carbocycles. The van der Waals surface area contributed by atoms with Crippen LogP contribution in [0.1, 0.15) is 22.8 Å². The van der Waals surface area contributed by atoms with Crippen molar-refractivity contribution >= 4 is 0 Å². The normalized spacial score (nSPS) is 25.2. The van der Waals surface area contributed by atoms with Crippen molar-refractivity contribution in [2.75, 3.05) is 20.8 Å². The summed E-state index contributed by atoms with van der Waals surface area (Å²) in [5.41, 5.74) is 0.412. The Labute approximate surface area is 216 Å². The number of methoxy groups -OCH3 is 2. The number of rotatable bonds is 11. The molecule has 0 amide bonds. The smallest absolute Gasteiger partial charge is 0.192 e. The van der Waals surface area contributed by atoms with Crippen LogP contribution in [-0.4, -0.2) is 72.5 Å². The van der Waals surface area contributed by atoms with Gasteiger partial charge in [0.15, 0.2) is 18.1 Å². The van der Waals surface area contributed by atoms with E-state index in [1.807, 2.05) is 72.8 Å². The van der Waals surface area contributed by atoms with Crippen LogP contribution >= 0.6 is 0 Å². The Bertz CT molecular complexity index is 1060. The Balaban J connectivity index is 1.73. The summed E-state index contributed by atoms with van der Waals surface area (Å²) in [6.45, 7) is -0.848. The number of hydrogen-bond acceptors (Lipinski definition) is 7. The van der Waals surface area contributed by atoms with Gasteiger partial charge in [-0.3, -0.25) is 0 Å². The molecule has 8 heteroatoms. The van der Waals surface area contributed by atoms with Gasteiger partial charge >= 0.3 is 0 Å². The molecule has 1 fully saturated rings. The fraction of sp³-hybridized carbons (Fsp3) is 0.379. The minimum Gasteiger partial charge on any atom is -0.497 e. The average Bonchev–Trinajstić information content (AvgIpc) is 3.21. The maximum atomic E-state index is 14.8. The van der Waals surface area contributed by atoms with Crippen LogP contribution < -0.4 is 4.74 Å². The molecule has 37 heavy (non-hydrogen) atoms. The quantitative estimate of drug-likeness (QED) is 0.363. The van der Waals surface area contributed by atoms with Crippen molar-refractivity contribution in [3.63, 3.8) is 0 Å². The summed E-state index contributed by atoms with van der Waals surface area (Å²) in [5.74, 6) is 0.665. The van der Waals surface area contributed by atoms with Gasteiger partial charge in [0.05, 0.1) is 19.8 Å². The van der Waals surface area contributed by atoms with E-state index in [2.05, 4.69) is 0 Å². The van der Waals surface area contributed by atoms with Crippen LogP contribution in [-0.2, 0) is 20.6 Å². The van der Waals surface area contributed by atoms with Crippen molar-refractivity contribution in [2.45, 2.75) is 48.9 Å². The van der Waals surface area contributed by atoms with Gasteiger partial charge in [0, 0.05) is 13.5 Å². The molecule has 198 valence electrons. The summed E-state index contributed by atoms with van der Waals surface area (Å²) in [6.07, 6.45) is -8.33. The summed E-state index contributed by atoms with van der Waals surface area (Å²) in [4.78, 5) is 0. The first kappa shape index (κ1) is 27.2. The second-order valence-corrected chi connectivity index (χ2v) is 9.10. The summed E-state index contributed by atoms with van der Waals surface area (Å²) in [5, 5.41) is 32.7. The minimum absolute atomic E-state index is 0.174. The molecule has 0 spiro atoms. The lowest BCUT2D eigenvalue weighted by molar-refractivity contribution is -0.240. The van der Waals surface area contributed by atoms with Crippen LogP contribution in [0.25, 0.3) is 0 Å². The second-order valence-electron chi connectivity index (χ2n) is 9.10. The molecule has 1 heterocycles. The molecule has 1 saturated heterocycles. The molecule has 2 unspecified atom stereocenters. The molecule has 3 aromatic rings. The molecule has 0 saturated carbocycles. The van der Waals surface area contributed by atoms with E-state index in [1.54, 1.807) is 19.2 Å². The van der Waals surface area contributed by atoms with Gasteiger partial charge in [-0.15, -0.1) is 0 Å². The maximum Gasteiger partial charge on any atom is 0.192 e. The fourth-order valence-corrected chi connectivity index (χ4v) is 4.74. The summed E-state index contributed by atoms with van der Waals surface area (Å²) in [6, 6.07) is 26.2. The zero-order chi connectivity index (χ0) is 26.4. The average molecular weight is 513 g/mol. The van der Waals surface area contributed by atoms with Crippen molar-refractivity contribution in [2.24, 2.45) is 0 Å². The van der Waals surface area contributed by atoms with Gasteiger partial charge in [-0.05, 0) is 28.8 Å². The zero-order valence-electron chi connectivity index (χ0n) is 20.8. The largest absolute Gasteiger partial charge is 0.497 e. The lowest BCUT2D eigenvalue weighted by Crippen LogP contribution is -2.60. The van der Waals surface area contributed by atoms with Gasteiger partial charge in [-0.1, -0.05) is 72.8 Å². The van der Waals surface area contributed by atoms with Crippen molar-refractivity contribution in [1.82, 2.24) is 0 Å². The Morgan fingerprint density at radius 2 is 1.49 bits per heavy atom. The molecule has 1 aliphatic rings. The van der Waals surface area contributed by atoms with Crippen molar-refractivity contribution in [3.8, 4) is 5.75 Å². The Morgan fingerprint density at radius 3 is 1.95 bits per heavy atom. The van der Waals surface area contributed by atoms with Crippen LogP contribution in [0, 0.1) is 0 Å². The lowest BCUT2D eigenvalue weighted by atomic mass is 9.85. The number of alkyl halides is 1. The number of aliphatic hydroxyl groups excluding tert-OH is 3. The van der Waals surface area contributed by atoms with Crippen LogP contribution in [0.15, 0.2) is 84.9 Å². The van der Waals surface area contributed by atoms with E-state index in [1.165, 1.54) is 7.11 Å². The molecular formula is C29H33FO7. The molecule has 1 aliphatic heterocycles. The number of halogens is 1. The number of hydrogen-bond donors (Lipinski definition) is 3.